The normalized spacial score (nSPS) is 19.5. The predicted molar refractivity (Wildman–Crippen MR) is 110 cm³/mol. The summed E-state index contributed by atoms with van der Waals surface area (Å²) in [5.41, 5.74) is 2.07. The van der Waals surface area contributed by atoms with E-state index in [1.165, 1.54) is 12.1 Å². The van der Waals surface area contributed by atoms with Crippen molar-refractivity contribution in [3.05, 3.63) is 70.9 Å². The summed E-state index contributed by atoms with van der Waals surface area (Å²) in [7, 11) is 0. The Labute approximate surface area is 175 Å². The number of carboxylic acid groups (broad SMARTS) is 1. The number of carbonyl (C=O) groups excluding carboxylic acids is 1. The fourth-order valence-corrected chi connectivity index (χ4v) is 3.95. The summed E-state index contributed by atoms with van der Waals surface area (Å²) < 4.78 is 39.6. The van der Waals surface area contributed by atoms with E-state index in [4.69, 9.17) is 0 Å². The van der Waals surface area contributed by atoms with Crippen LogP contribution in [0.1, 0.15) is 25.0 Å². The minimum Gasteiger partial charge on any atom is -0.478 e. The fourth-order valence-electron chi connectivity index (χ4n) is 3.95. The first-order valence-corrected chi connectivity index (χ1v) is 9.44. The van der Waals surface area contributed by atoms with Gasteiger partial charge in [-0.15, -0.1) is 0 Å². The number of halogens is 3. The molecule has 0 spiro atoms. The molecule has 2 N–H and O–H groups in total. The van der Waals surface area contributed by atoms with Crippen molar-refractivity contribution < 1.29 is 27.9 Å². The van der Waals surface area contributed by atoms with Gasteiger partial charge in [-0.05, 0) is 42.3 Å². The van der Waals surface area contributed by atoms with Crippen molar-refractivity contribution in [3.8, 4) is 11.1 Å². The summed E-state index contributed by atoms with van der Waals surface area (Å²) in [5, 5.41) is 12.1. The standard InChI is InChI=1S/C23H17F3N2O3/c1-11-18(27-12(2)19(11)22(30)31)10-16-20-15(7-4-8-17(20)28-21(16)29)13-5-3-6-14(9-13)23(24,25)26/h3-11H,1-2H3,(H,28,29)(H,30,31). The predicted octanol–water partition coefficient (Wildman–Crippen LogP) is 5.16. The molecule has 0 radical (unpaired) electrons. The lowest BCUT2D eigenvalue weighted by Crippen LogP contribution is -2.15. The van der Waals surface area contributed by atoms with Crippen molar-refractivity contribution in [1.82, 2.24) is 0 Å². The molecule has 0 aliphatic carbocycles. The lowest BCUT2D eigenvalue weighted by Gasteiger charge is -2.12. The van der Waals surface area contributed by atoms with Crippen LogP contribution in [0.3, 0.4) is 0 Å². The van der Waals surface area contributed by atoms with Crippen LogP contribution < -0.4 is 5.32 Å². The average Bonchev–Trinajstić information content (AvgIpc) is 3.16. The van der Waals surface area contributed by atoms with Crippen molar-refractivity contribution in [2.24, 2.45) is 10.9 Å². The highest BCUT2D eigenvalue weighted by Crippen LogP contribution is 2.41. The Bertz CT molecular complexity index is 1220. The van der Waals surface area contributed by atoms with Gasteiger partial charge < -0.3 is 10.4 Å². The van der Waals surface area contributed by atoms with E-state index in [1.54, 1.807) is 38.1 Å². The van der Waals surface area contributed by atoms with Crippen LogP contribution in [0, 0.1) is 5.92 Å². The zero-order valence-electron chi connectivity index (χ0n) is 16.5. The number of nitrogens with one attached hydrogen (secondary N) is 1. The van der Waals surface area contributed by atoms with Gasteiger partial charge in [-0.3, -0.25) is 9.79 Å². The minimum absolute atomic E-state index is 0.150. The smallest absolute Gasteiger partial charge is 0.416 e. The third-order valence-electron chi connectivity index (χ3n) is 5.41. The molecule has 4 rings (SSSR count). The van der Waals surface area contributed by atoms with Gasteiger partial charge in [0, 0.05) is 28.6 Å². The Kier molecular flexibility index (Phi) is 4.80. The van der Waals surface area contributed by atoms with E-state index >= 15 is 0 Å². The fraction of sp³-hybridized carbons (Fsp3) is 0.174. The van der Waals surface area contributed by atoms with Gasteiger partial charge in [-0.1, -0.05) is 31.2 Å². The van der Waals surface area contributed by atoms with Crippen LogP contribution in [0.25, 0.3) is 16.7 Å². The molecule has 8 heteroatoms. The van der Waals surface area contributed by atoms with Crippen LogP contribution in [-0.4, -0.2) is 22.7 Å². The van der Waals surface area contributed by atoms with Crippen LogP contribution in [0.5, 0.6) is 0 Å². The minimum atomic E-state index is -4.49. The quantitative estimate of drug-likeness (QED) is 0.666. The van der Waals surface area contributed by atoms with Crippen molar-refractivity contribution >= 4 is 28.8 Å². The monoisotopic (exact) mass is 426 g/mol. The van der Waals surface area contributed by atoms with E-state index in [-0.39, 0.29) is 11.1 Å². The maximum atomic E-state index is 13.2. The van der Waals surface area contributed by atoms with Gasteiger partial charge >= 0.3 is 12.1 Å². The summed E-state index contributed by atoms with van der Waals surface area (Å²) in [4.78, 5) is 28.5. The van der Waals surface area contributed by atoms with Gasteiger partial charge in [0.25, 0.3) is 5.91 Å². The maximum Gasteiger partial charge on any atom is 0.416 e. The Morgan fingerprint density at radius 1 is 1.19 bits per heavy atom. The van der Waals surface area contributed by atoms with Crippen LogP contribution in [0.15, 0.2) is 64.8 Å². The molecule has 0 saturated heterocycles. The molecule has 5 nitrogen and oxygen atoms in total. The second kappa shape index (κ2) is 7.23. The molecular weight excluding hydrogens is 409 g/mol. The van der Waals surface area contributed by atoms with E-state index in [9.17, 15) is 27.9 Å². The molecule has 0 aromatic heterocycles. The number of carbonyl (C=O) groups is 2. The zero-order chi connectivity index (χ0) is 22.5. The van der Waals surface area contributed by atoms with Crippen LogP contribution in [0.2, 0.25) is 0 Å². The second-order valence-electron chi connectivity index (χ2n) is 7.38. The SMILES string of the molecule is CC1=C(C(=O)O)C(C)C(C=C2C(=O)Nc3cccc(-c4cccc(C(F)(F)F)c4)c32)=N1. The number of hydrogen-bond acceptors (Lipinski definition) is 3. The number of aliphatic carboxylic acids is 1. The van der Waals surface area contributed by atoms with Gasteiger partial charge in [-0.25, -0.2) is 4.79 Å². The number of anilines is 1. The first kappa shape index (κ1) is 20.6. The molecule has 0 bridgehead atoms. The summed E-state index contributed by atoms with van der Waals surface area (Å²) in [6.45, 7) is 3.27. The first-order chi connectivity index (χ1) is 14.6. The van der Waals surface area contributed by atoms with Crippen LogP contribution >= 0.6 is 0 Å². The largest absolute Gasteiger partial charge is 0.478 e. The van der Waals surface area contributed by atoms with E-state index in [2.05, 4.69) is 10.3 Å². The average molecular weight is 426 g/mol. The van der Waals surface area contributed by atoms with Crippen molar-refractivity contribution in [3.63, 3.8) is 0 Å². The first-order valence-electron chi connectivity index (χ1n) is 9.44. The van der Waals surface area contributed by atoms with E-state index in [0.29, 0.717) is 33.8 Å². The third-order valence-corrected chi connectivity index (χ3v) is 5.41. The topological polar surface area (TPSA) is 78.8 Å². The molecule has 2 aliphatic heterocycles. The number of aliphatic imine (C=N–C) groups is 1. The van der Waals surface area contributed by atoms with Crippen molar-refractivity contribution in [1.29, 1.82) is 0 Å². The van der Waals surface area contributed by atoms with Crippen LogP contribution in [0.4, 0.5) is 18.9 Å². The molecule has 2 heterocycles. The van der Waals surface area contributed by atoms with E-state index in [1.807, 2.05) is 0 Å². The molecule has 1 unspecified atom stereocenters. The number of rotatable bonds is 3. The number of alkyl halides is 3. The highest BCUT2D eigenvalue weighted by molar-refractivity contribution is 6.36. The van der Waals surface area contributed by atoms with E-state index < -0.39 is 29.5 Å². The zero-order valence-corrected chi connectivity index (χ0v) is 16.5. The number of nitrogens with zero attached hydrogens (tertiary/aromatic N) is 1. The van der Waals surface area contributed by atoms with Gasteiger partial charge in [0.2, 0.25) is 0 Å². The molecule has 158 valence electrons. The maximum absolute atomic E-state index is 13.2. The Hall–Kier alpha value is -3.68. The summed E-state index contributed by atoms with van der Waals surface area (Å²) >= 11 is 0. The highest BCUT2D eigenvalue weighted by atomic mass is 19.4. The third kappa shape index (κ3) is 3.54. The number of carboxylic acids is 1. The molecule has 31 heavy (non-hydrogen) atoms. The van der Waals surface area contributed by atoms with Gasteiger partial charge in [-0.2, -0.15) is 13.2 Å². The molecule has 2 aromatic rings. The van der Waals surface area contributed by atoms with Gasteiger partial charge in [0.05, 0.1) is 16.7 Å². The van der Waals surface area contributed by atoms with Crippen molar-refractivity contribution in [2.45, 2.75) is 20.0 Å². The Morgan fingerprint density at radius 2 is 1.90 bits per heavy atom. The molecule has 2 aromatic carbocycles. The Balaban J connectivity index is 1.83. The van der Waals surface area contributed by atoms with E-state index in [0.717, 1.165) is 12.1 Å². The number of hydrogen-bond donors (Lipinski definition) is 2. The molecule has 1 amide bonds. The number of fused-ring (bicyclic) bond motifs is 1. The second-order valence-corrected chi connectivity index (χ2v) is 7.38. The number of benzene rings is 2. The summed E-state index contributed by atoms with van der Waals surface area (Å²) in [6.07, 6.45) is -2.98. The molecule has 0 fully saturated rings. The van der Waals surface area contributed by atoms with Gasteiger partial charge in [0.15, 0.2) is 0 Å². The molecule has 1 atom stereocenters. The van der Waals surface area contributed by atoms with Gasteiger partial charge in [0.1, 0.15) is 0 Å². The lowest BCUT2D eigenvalue weighted by atomic mass is 9.91. The molecule has 0 saturated carbocycles. The molecule has 2 aliphatic rings. The van der Waals surface area contributed by atoms with Crippen molar-refractivity contribution in [2.75, 3.05) is 5.32 Å². The Morgan fingerprint density at radius 3 is 2.55 bits per heavy atom. The summed E-state index contributed by atoms with van der Waals surface area (Å²) in [6, 6.07) is 9.87. The highest BCUT2D eigenvalue weighted by Gasteiger charge is 2.34. The lowest BCUT2D eigenvalue weighted by molar-refractivity contribution is -0.137. The number of allylic oxidation sites excluding steroid dienone is 2. The summed E-state index contributed by atoms with van der Waals surface area (Å²) in [5.74, 6) is -2.03. The van der Waals surface area contributed by atoms with Crippen LogP contribution in [-0.2, 0) is 15.8 Å². The molecular formula is C23H17F3N2O3. The number of amides is 1.